The third kappa shape index (κ3) is 10.5. The molecule has 202 valence electrons. The normalized spacial score (nSPS) is 10.2. The van der Waals surface area contributed by atoms with E-state index in [1.807, 2.05) is 67.7 Å². The molecular formula is C32H36N4O3. The van der Waals surface area contributed by atoms with Gasteiger partial charge in [-0.1, -0.05) is 60.7 Å². The van der Waals surface area contributed by atoms with Gasteiger partial charge in [0.1, 0.15) is 0 Å². The molecule has 0 saturated carbocycles. The van der Waals surface area contributed by atoms with E-state index in [1.165, 1.54) is 16.0 Å². The molecular weight excluding hydrogens is 488 g/mol. The number of benzene rings is 2. The van der Waals surface area contributed by atoms with Gasteiger partial charge in [0.2, 0.25) is 0 Å². The van der Waals surface area contributed by atoms with E-state index < -0.39 is 11.9 Å². The molecule has 0 aliphatic heterocycles. The molecule has 1 N–H and O–H groups in total. The third-order valence-corrected chi connectivity index (χ3v) is 5.73. The molecule has 7 nitrogen and oxygen atoms in total. The number of esters is 1. The average Bonchev–Trinajstić information content (AvgIpc) is 2.94. The van der Waals surface area contributed by atoms with Crippen LogP contribution in [0.15, 0.2) is 97.3 Å². The number of aromatic nitrogens is 2. The van der Waals surface area contributed by atoms with Crippen molar-refractivity contribution >= 4 is 11.9 Å². The Morgan fingerprint density at radius 3 is 1.90 bits per heavy atom. The summed E-state index contributed by atoms with van der Waals surface area (Å²) in [6.45, 7) is 8.18. The molecule has 0 atom stereocenters. The predicted octanol–water partition coefficient (Wildman–Crippen LogP) is 5.16. The summed E-state index contributed by atoms with van der Waals surface area (Å²) in [7, 11) is 0. The van der Waals surface area contributed by atoms with Crippen LogP contribution in [0.2, 0.25) is 0 Å². The highest BCUT2D eigenvalue weighted by Crippen LogP contribution is 2.11. The SMILES string of the molecule is CCOC(=O)C(=O)N(Cc1ccccc1)Cc1cc(C)ccn1.Cc1ccnc(CNCc2ccccc2)c1. The zero-order valence-electron chi connectivity index (χ0n) is 22.8. The van der Waals surface area contributed by atoms with Gasteiger partial charge in [0.05, 0.1) is 24.5 Å². The van der Waals surface area contributed by atoms with Crippen molar-refractivity contribution in [2.75, 3.05) is 6.61 Å². The molecule has 0 aliphatic rings. The van der Waals surface area contributed by atoms with Crippen LogP contribution in [0.1, 0.15) is 40.6 Å². The summed E-state index contributed by atoms with van der Waals surface area (Å²) in [4.78, 5) is 34.2. The monoisotopic (exact) mass is 524 g/mol. The highest BCUT2D eigenvalue weighted by atomic mass is 16.5. The predicted molar refractivity (Wildman–Crippen MR) is 152 cm³/mol. The van der Waals surface area contributed by atoms with Crippen molar-refractivity contribution in [3.05, 3.63) is 131 Å². The van der Waals surface area contributed by atoms with Crippen LogP contribution in [0.3, 0.4) is 0 Å². The number of amides is 1. The van der Waals surface area contributed by atoms with Crippen LogP contribution in [0.4, 0.5) is 0 Å². The smallest absolute Gasteiger partial charge is 0.397 e. The Balaban J connectivity index is 0.000000230. The van der Waals surface area contributed by atoms with Crippen molar-refractivity contribution in [1.82, 2.24) is 20.2 Å². The number of hydrogen-bond donors (Lipinski definition) is 1. The molecule has 0 fully saturated rings. The first kappa shape index (κ1) is 29.2. The number of pyridine rings is 2. The van der Waals surface area contributed by atoms with Gasteiger partial charge in [-0.15, -0.1) is 0 Å². The minimum absolute atomic E-state index is 0.173. The molecule has 2 heterocycles. The summed E-state index contributed by atoms with van der Waals surface area (Å²) >= 11 is 0. The van der Waals surface area contributed by atoms with E-state index >= 15 is 0 Å². The van der Waals surface area contributed by atoms with Crippen LogP contribution < -0.4 is 5.32 Å². The van der Waals surface area contributed by atoms with Crippen LogP contribution in [0.25, 0.3) is 0 Å². The molecule has 0 radical (unpaired) electrons. The summed E-state index contributed by atoms with van der Waals surface area (Å²) < 4.78 is 4.83. The molecule has 2 aromatic heterocycles. The van der Waals surface area contributed by atoms with E-state index in [9.17, 15) is 9.59 Å². The molecule has 0 saturated heterocycles. The van der Waals surface area contributed by atoms with E-state index in [0.29, 0.717) is 6.54 Å². The van der Waals surface area contributed by atoms with Crippen molar-refractivity contribution in [3.63, 3.8) is 0 Å². The second-order valence-corrected chi connectivity index (χ2v) is 9.11. The largest absolute Gasteiger partial charge is 0.459 e. The maximum atomic E-state index is 12.4. The van der Waals surface area contributed by atoms with Crippen molar-refractivity contribution in [1.29, 1.82) is 0 Å². The van der Waals surface area contributed by atoms with Crippen LogP contribution in [-0.2, 0) is 40.5 Å². The quantitative estimate of drug-likeness (QED) is 0.240. The van der Waals surface area contributed by atoms with Gasteiger partial charge in [0.25, 0.3) is 0 Å². The van der Waals surface area contributed by atoms with Gasteiger partial charge >= 0.3 is 11.9 Å². The Morgan fingerprint density at radius 1 is 0.744 bits per heavy atom. The fourth-order valence-electron chi connectivity index (χ4n) is 3.83. The third-order valence-electron chi connectivity index (χ3n) is 5.73. The summed E-state index contributed by atoms with van der Waals surface area (Å²) in [6.07, 6.45) is 3.55. The molecule has 0 bridgehead atoms. The first-order valence-corrected chi connectivity index (χ1v) is 13.0. The fourth-order valence-corrected chi connectivity index (χ4v) is 3.83. The molecule has 4 aromatic rings. The van der Waals surface area contributed by atoms with Gasteiger partial charge < -0.3 is 15.0 Å². The minimum Gasteiger partial charge on any atom is -0.459 e. The van der Waals surface area contributed by atoms with E-state index in [0.717, 1.165) is 35.6 Å². The molecule has 0 aliphatic carbocycles. The highest BCUT2D eigenvalue weighted by molar-refractivity contribution is 6.32. The number of ether oxygens (including phenoxy) is 1. The first-order valence-electron chi connectivity index (χ1n) is 13.0. The Bertz CT molecular complexity index is 1310. The van der Waals surface area contributed by atoms with Crippen LogP contribution in [-0.4, -0.2) is 33.4 Å². The van der Waals surface area contributed by atoms with Gasteiger partial charge in [-0.2, -0.15) is 0 Å². The molecule has 7 heteroatoms. The summed E-state index contributed by atoms with van der Waals surface area (Å²) in [6, 6.07) is 27.8. The molecule has 1 amide bonds. The molecule has 39 heavy (non-hydrogen) atoms. The van der Waals surface area contributed by atoms with Crippen LogP contribution in [0, 0.1) is 13.8 Å². The van der Waals surface area contributed by atoms with E-state index in [-0.39, 0.29) is 13.2 Å². The van der Waals surface area contributed by atoms with Crippen molar-refractivity contribution < 1.29 is 14.3 Å². The lowest BCUT2D eigenvalue weighted by molar-refractivity contribution is -0.160. The fraction of sp³-hybridized carbons (Fsp3) is 0.250. The Morgan fingerprint density at radius 2 is 1.31 bits per heavy atom. The lowest BCUT2D eigenvalue weighted by atomic mass is 10.2. The van der Waals surface area contributed by atoms with Crippen LogP contribution >= 0.6 is 0 Å². The molecule has 0 unspecified atom stereocenters. The van der Waals surface area contributed by atoms with Crippen molar-refractivity contribution in [3.8, 4) is 0 Å². The average molecular weight is 525 g/mol. The van der Waals surface area contributed by atoms with E-state index in [4.69, 9.17) is 4.74 Å². The summed E-state index contributed by atoms with van der Waals surface area (Å²) in [5.41, 5.74) is 6.38. The second-order valence-electron chi connectivity index (χ2n) is 9.11. The van der Waals surface area contributed by atoms with E-state index in [2.05, 4.69) is 52.5 Å². The van der Waals surface area contributed by atoms with E-state index in [1.54, 1.807) is 13.1 Å². The molecule has 0 spiro atoms. The zero-order valence-corrected chi connectivity index (χ0v) is 22.8. The minimum atomic E-state index is -0.837. The standard InChI is InChI=1S/C18H20N2O3.C14H16N2/c1-3-23-18(22)17(21)20(12-15-7-5-4-6-8-15)13-16-11-14(2)9-10-19-16;1-12-7-8-16-14(9-12)11-15-10-13-5-3-2-4-6-13/h4-11H,3,12-13H2,1-2H3;2-9,15H,10-11H2,1H3. The maximum absolute atomic E-state index is 12.4. The lowest BCUT2D eigenvalue weighted by Gasteiger charge is -2.21. The lowest BCUT2D eigenvalue weighted by Crippen LogP contribution is -2.37. The van der Waals surface area contributed by atoms with Gasteiger partial charge in [-0.25, -0.2) is 4.79 Å². The topological polar surface area (TPSA) is 84.4 Å². The first-order chi connectivity index (χ1) is 18.9. The van der Waals surface area contributed by atoms with Crippen molar-refractivity contribution in [2.24, 2.45) is 0 Å². The Kier molecular flexibility index (Phi) is 11.8. The maximum Gasteiger partial charge on any atom is 0.397 e. The zero-order chi connectivity index (χ0) is 27.9. The van der Waals surface area contributed by atoms with Gasteiger partial charge in [-0.3, -0.25) is 14.8 Å². The summed E-state index contributed by atoms with van der Waals surface area (Å²) in [5, 5.41) is 3.38. The molecule has 2 aromatic carbocycles. The second kappa shape index (κ2) is 15.8. The highest BCUT2D eigenvalue weighted by Gasteiger charge is 2.24. The number of rotatable bonds is 9. The number of aryl methyl sites for hydroxylation is 2. The van der Waals surface area contributed by atoms with Crippen molar-refractivity contribution in [2.45, 2.75) is 47.0 Å². The number of carbonyl (C=O) groups is 2. The van der Waals surface area contributed by atoms with Crippen LogP contribution in [0.5, 0.6) is 0 Å². The number of nitrogens with zero attached hydrogens (tertiary/aromatic N) is 3. The Labute approximate surface area is 230 Å². The van der Waals surface area contributed by atoms with Gasteiger partial charge in [0, 0.05) is 32.0 Å². The Hall–Kier alpha value is -4.36. The van der Waals surface area contributed by atoms with Gasteiger partial charge in [0.15, 0.2) is 0 Å². The number of hydrogen-bond acceptors (Lipinski definition) is 6. The van der Waals surface area contributed by atoms with Gasteiger partial charge in [-0.05, 0) is 67.3 Å². The molecule has 4 rings (SSSR count). The number of carbonyl (C=O) groups excluding carboxylic acids is 2. The summed E-state index contributed by atoms with van der Waals surface area (Å²) in [5.74, 6) is -1.49. The number of nitrogens with one attached hydrogen (secondary N) is 1.